The van der Waals surface area contributed by atoms with Crippen molar-refractivity contribution >= 4 is 21.6 Å². The first kappa shape index (κ1) is 11.1. The molecular formula is C12H13BrN2O. The average molecular weight is 281 g/mol. The van der Waals surface area contributed by atoms with Gasteiger partial charge in [0.1, 0.15) is 5.75 Å². The number of benzene rings is 1. The maximum absolute atomic E-state index is 5.10. The minimum Gasteiger partial charge on any atom is -0.497 e. The Balaban J connectivity index is 1.94. The van der Waals surface area contributed by atoms with Crippen molar-refractivity contribution in [1.82, 2.24) is 4.98 Å². The Labute approximate surface area is 103 Å². The quantitative estimate of drug-likeness (QED) is 0.901. The zero-order valence-electron chi connectivity index (χ0n) is 8.96. The van der Waals surface area contributed by atoms with Crippen LogP contribution in [0.2, 0.25) is 0 Å². The summed E-state index contributed by atoms with van der Waals surface area (Å²) in [6.07, 6.45) is 0. The van der Waals surface area contributed by atoms with E-state index >= 15 is 0 Å². The highest BCUT2D eigenvalue weighted by molar-refractivity contribution is 9.10. The molecular weight excluding hydrogens is 268 g/mol. The second-order valence-electron chi connectivity index (χ2n) is 3.41. The second kappa shape index (κ2) is 5.07. The van der Waals surface area contributed by atoms with Gasteiger partial charge in [-0.15, -0.1) is 0 Å². The Morgan fingerprint density at radius 1 is 1.19 bits per heavy atom. The maximum atomic E-state index is 5.10. The molecule has 1 aromatic heterocycles. The molecule has 84 valence electrons. The van der Waals surface area contributed by atoms with Gasteiger partial charge in [0.25, 0.3) is 0 Å². The fourth-order valence-corrected chi connectivity index (χ4v) is 1.81. The molecule has 4 heteroatoms. The van der Waals surface area contributed by atoms with Crippen molar-refractivity contribution < 1.29 is 4.74 Å². The number of H-pyrrole nitrogens is 1. The van der Waals surface area contributed by atoms with Crippen LogP contribution in [0, 0.1) is 0 Å². The molecule has 0 unspecified atom stereocenters. The van der Waals surface area contributed by atoms with Crippen LogP contribution in [0.3, 0.4) is 0 Å². The van der Waals surface area contributed by atoms with Crippen LogP contribution in [-0.4, -0.2) is 12.1 Å². The van der Waals surface area contributed by atoms with Crippen molar-refractivity contribution in [2.45, 2.75) is 6.54 Å². The lowest BCUT2D eigenvalue weighted by Gasteiger charge is -2.06. The standard InChI is InChI=1S/C12H13BrN2O/c1-16-11-5-2-9(3-6-11)14-8-10-4-7-12(13)15-10/h2-7,14-15H,8H2,1H3. The molecule has 2 N–H and O–H groups in total. The largest absolute Gasteiger partial charge is 0.497 e. The molecule has 0 saturated carbocycles. The molecule has 0 atom stereocenters. The number of aromatic amines is 1. The number of rotatable bonds is 4. The van der Waals surface area contributed by atoms with Gasteiger partial charge in [0.2, 0.25) is 0 Å². The number of methoxy groups -OCH3 is 1. The van der Waals surface area contributed by atoms with E-state index in [0.29, 0.717) is 0 Å². The van der Waals surface area contributed by atoms with E-state index in [1.165, 1.54) is 0 Å². The van der Waals surface area contributed by atoms with Crippen LogP contribution in [0.1, 0.15) is 5.69 Å². The van der Waals surface area contributed by atoms with E-state index in [1.54, 1.807) is 7.11 Å². The van der Waals surface area contributed by atoms with Crippen LogP contribution in [0.4, 0.5) is 5.69 Å². The molecule has 0 amide bonds. The van der Waals surface area contributed by atoms with Crippen LogP contribution in [-0.2, 0) is 6.54 Å². The summed E-state index contributed by atoms with van der Waals surface area (Å²) in [5.74, 6) is 0.869. The molecule has 2 rings (SSSR count). The lowest BCUT2D eigenvalue weighted by Crippen LogP contribution is -1.99. The topological polar surface area (TPSA) is 37.0 Å². The van der Waals surface area contributed by atoms with Crippen LogP contribution < -0.4 is 10.1 Å². The third kappa shape index (κ3) is 2.79. The number of nitrogens with one attached hydrogen (secondary N) is 2. The van der Waals surface area contributed by atoms with E-state index < -0.39 is 0 Å². The lowest BCUT2D eigenvalue weighted by atomic mass is 10.3. The number of halogens is 1. The van der Waals surface area contributed by atoms with Crippen molar-refractivity contribution in [3.05, 3.63) is 46.7 Å². The number of aromatic nitrogens is 1. The molecule has 0 fully saturated rings. The molecule has 3 nitrogen and oxygen atoms in total. The van der Waals surface area contributed by atoms with Crippen molar-refractivity contribution in [2.24, 2.45) is 0 Å². The normalized spacial score (nSPS) is 10.1. The number of anilines is 1. The predicted octanol–water partition coefficient (Wildman–Crippen LogP) is 3.40. The highest BCUT2D eigenvalue weighted by atomic mass is 79.9. The molecule has 0 aliphatic rings. The van der Waals surface area contributed by atoms with Crippen molar-refractivity contribution in [2.75, 3.05) is 12.4 Å². The Bertz CT molecular complexity index is 450. The summed E-state index contributed by atoms with van der Waals surface area (Å²) in [4.78, 5) is 3.20. The first-order valence-corrected chi connectivity index (χ1v) is 5.78. The van der Waals surface area contributed by atoms with Crippen LogP contribution >= 0.6 is 15.9 Å². The zero-order chi connectivity index (χ0) is 11.4. The highest BCUT2D eigenvalue weighted by Gasteiger charge is 1.97. The molecule has 1 heterocycles. The summed E-state index contributed by atoms with van der Waals surface area (Å²) >= 11 is 3.38. The predicted molar refractivity (Wildman–Crippen MR) is 68.8 cm³/mol. The van der Waals surface area contributed by atoms with Crippen molar-refractivity contribution in [3.8, 4) is 5.75 Å². The molecule has 0 spiro atoms. The van der Waals surface area contributed by atoms with E-state index in [4.69, 9.17) is 4.74 Å². The molecule has 0 aliphatic heterocycles. The summed E-state index contributed by atoms with van der Waals surface area (Å²) in [5.41, 5.74) is 2.22. The van der Waals surface area contributed by atoms with Gasteiger partial charge < -0.3 is 15.0 Å². The molecule has 0 radical (unpaired) electrons. The smallest absolute Gasteiger partial charge is 0.119 e. The number of hydrogen-bond donors (Lipinski definition) is 2. The van der Waals surface area contributed by atoms with E-state index in [9.17, 15) is 0 Å². The van der Waals surface area contributed by atoms with Crippen molar-refractivity contribution in [1.29, 1.82) is 0 Å². The Morgan fingerprint density at radius 2 is 1.94 bits per heavy atom. The molecule has 0 aliphatic carbocycles. The first-order chi connectivity index (χ1) is 7.78. The molecule has 16 heavy (non-hydrogen) atoms. The summed E-state index contributed by atoms with van der Waals surface area (Å²) < 4.78 is 6.09. The van der Waals surface area contributed by atoms with Gasteiger partial charge in [-0.3, -0.25) is 0 Å². The monoisotopic (exact) mass is 280 g/mol. The Morgan fingerprint density at radius 3 is 2.50 bits per heavy atom. The lowest BCUT2D eigenvalue weighted by molar-refractivity contribution is 0.415. The van der Waals surface area contributed by atoms with Crippen LogP contribution in [0.25, 0.3) is 0 Å². The van der Waals surface area contributed by atoms with Gasteiger partial charge in [-0.2, -0.15) is 0 Å². The Hall–Kier alpha value is -1.42. The molecule has 2 aromatic rings. The second-order valence-corrected chi connectivity index (χ2v) is 4.27. The maximum Gasteiger partial charge on any atom is 0.119 e. The number of ether oxygens (including phenoxy) is 1. The van der Waals surface area contributed by atoms with Gasteiger partial charge in [-0.05, 0) is 52.3 Å². The van der Waals surface area contributed by atoms with Crippen molar-refractivity contribution in [3.63, 3.8) is 0 Å². The fraction of sp³-hybridized carbons (Fsp3) is 0.167. The SMILES string of the molecule is COc1ccc(NCc2ccc(Br)[nH]2)cc1. The summed E-state index contributed by atoms with van der Waals surface area (Å²) in [6, 6.07) is 11.9. The zero-order valence-corrected chi connectivity index (χ0v) is 10.5. The number of hydrogen-bond acceptors (Lipinski definition) is 2. The Kier molecular flexibility index (Phi) is 3.51. The summed E-state index contributed by atoms with van der Waals surface area (Å²) in [5, 5.41) is 3.32. The third-order valence-electron chi connectivity index (χ3n) is 2.28. The van der Waals surface area contributed by atoms with Gasteiger partial charge in [-0.25, -0.2) is 0 Å². The van der Waals surface area contributed by atoms with Gasteiger partial charge in [-0.1, -0.05) is 0 Å². The highest BCUT2D eigenvalue weighted by Crippen LogP contribution is 2.16. The molecule has 1 aromatic carbocycles. The summed E-state index contributed by atoms with van der Waals surface area (Å²) in [6.45, 7) is 0.776. The van der Waals surface area contributed by atoms with Crippen LogP contribution in [0.15, 0.2) is 41.0 Å². The minimum atomic E-state index is 0.776. The van der Waals surface area contributed by atoms with E-state index in [1.807, 2.05) is 36.4 Å². The van der Waals surface area contributed by atoms with Gasteiger partial charge in [0, 0.05) is 11.4 Å². The van der Waals surface area contributed by atoms with E-state index in [-0.39, 0.29) is 0 Å². The van der Waals surface area contributed by atoms with Gasteiger partial charge in [0.05, 0.1) is 18.3 Å². The summed E-state index contributed by atoms with van der Waals surface area (Å²) in [7, 11) is 1.67. The minimum absolute atomic E-state index is 0.776. The molecule has 0 saturated heterocycles. The molecule has 0 bridgehead atoms. The van der Waals surface area contributed by atoms with Crippen LogP contribution in [0.5, 0.6) is 5.75 Å². The van der Waals surface area contributed by atoms with Gasteiger partial charge >= 0.3 is 0 Å². The van der Waals surface area contributed by atoms with E-state index in [2.05, 4.69) is 26.2 Å². The fourth-order valence-electron chi connectivity index (χ4n) is 1.42. The van der Waals surface area contributed by atoms with Gasteiger partial charge in [0.15, 0.2) is 0 Å². The van der Waals surface area contributed by atoms with E-state index in [0.717, 1.165) is 28.3 Å². The third-order valence-corrected chi connectivity index (χ3v) is 2.75. The average Bonchev–Trinajstić information content (AvgIpc) is 2.73. The first-order valence-electron chi connectivity index (χ1n) is 4.99.